The molecule has 27 heteroatoms. The quantitative estimate of drug-likeness (QED) is 0.0797. The Bertz CT molecular complexity index is 2910. The normalized spacial score (nSPS) is 30.4. The van der Waals surface area contributed by atoms with Crippen LogP contribution in [0.25, 0.3) is 22.2 Å². The number of nitrogen functional groups attached to an aromatic ring is 1. The van der Waals surface area contributed by atoms with Gasteiger partial charge in [-0.15, -0.1) is 0 Å². The summed E-state index contributed by atoms with van der Waals surface area (Å²) >= 11 is 18.0. The van der Waals surface area contributed by atoms with Crippen molar-refractivity contribution in [1.82, 2.24) is 34.1 Å². The molecule has 2 bridgehead atoms. The van der Waals surface area contributed by atoms with E-state index in [1.165, 1.54) is 12.7 Å². The molecule has 0 saturated carbocycles. The van der Waals surface area contributed by atoms with Crippen LogP contribution in [0.2, 0.25) is 41.5 Å². The highest BCUT2D eigenvalue weighted by atomic mass is 35.5. The molecule has 2 unspecified atom stereocenters. The van der Waals surface area contributed by atoms with Crippen molar-refractivity contribution < 1.29 is 51.0 Å². The summed E-state index contributed by atoms with van der Waals surface area (Å²) < 4.78 is 57.1. The van der Waals surface area contributed by atoms with E-state index in [1.807, 2.05) is 29.0 Å². The summed E-state index contributed by atoms with van der Waals surface area (Å²) in [5.41, 5.74) is 8.59. The number of fused-ring (bicyclic) bond motifs is 4. The molecule has 380 valence electrons. The lowest BCUT2D eigenvalue weighted by Gasteiger charge is -2.41. The molecule has 20 nitrogen and oxygen atoms in total. The van der Waals surface area contributed by atoms with Gasteiger partial charge in [-0.2, -0.15) is 9.97 Å². The maximum atomic E-state index is 14.0. The Morgan fingerprint density at radius 2 is 1.44 bits per heavy atom. The summed E-state index contributed by atoms with van der Waals surface area (Å²) in [5.74, 6) is 0.323. The molecule has 8 heterocycles. The van der Waals surface area contributed by atoms with Crippen molar-refractivity contribution in [2.45, 2.75) is 140 Å². The third kappa shape index (κ3) is 10.00. The molecule has 1 amide bonds. The van der Waals surface area contributed by atoms with Gasteiger partial charge in [0.1, 0.15) is 59.9 Å². The number of imidazole rings is 1. The summed E-state index contributed by atoms with van der Waals surface area (Å²) in [4.78, 5) is 62.5. The van der Waals surface area contributed by atoms with E-state index in [0.717, 1.165) is 5.56 Å². The predicted molar refractivity (Wildman–Crippen MR) is 275 cm³/mol. The number of halogens is 1. The molecule has 70 heavy (non-hydrogen) atoms. The van der Waals surface area contributed by atoms with E-state index < -0.39 is 85.8 Å². The maximum absolute atomic E-state index is 14.0. The standard InChI is InChI=1S/C43H60ClN9O11P2S2Si2/c1-42(2,3)69(7,8)63-31-27-21-58-65(55,67)61-30-26(20-57-66(56,68)62-32(31)39(60-27)53-23-48-29-34(45)49-41(44)50-37(29)53)59-40(33(30)64-70(9,10)43(4,5)6)52-19-25-17-14-18-51(35-28(25)36(52)47-22-46-35)38(54)24-15-12-11-13-16-24/h11-13,15-16,19,22-23,26-27,30-33,39-40H,14,17-18,20-21H2,1-10H3,(H,55,67)(H,56,68)(H2,45,49,50)/t26-,27-,30-,31-,32-,33-,39-,40-,65?,66?/m1/s1. The van der Waals surface area contributed by atoms with E-state index >= 15 is 0 Å². The molecule has 0 radical (unpaired) electrons. The van der Waals surface area contributed by atoms with Crippen molar-refractivity contribution in [2.24, 2.45) is 0 Å². The Morgan fingerprint density at radius 3 is 2.10 bits per heavy atom. The first-order valence-corrected chi connectivity index (χ1v) is 34.4. The van der Waals surface area contributed by atoms with E-state index in [1.54, 1.807) is 21.6 Å². The van der Waals surface area contributed by atoms with Crippen LogP contribution in [0.15, 0.2) is 49.2 Å². The van der Waals surface area contributed by atoms with Gasteiger partial charge in [0.25, 0.3) is 5.91 Å². The van der Waals surface area contributed by atoms with Gasteiger partial charge in [-0.05, 0) is 102 Å². The number of carbonyl (C=O) groups excluding carboxylic acids is 1. The van der Waals surface area contributed by atoms with Crippen LogP contribution in [0.4, 0.5) is 11.6 Å². The lowest BCUT2D eigenvalue weighted by molar-refractivity contribution is -0.0604. The molecule has 4 N–H and O–H groups in total. The Hall–Kier alpha value is -2.72. The number of carbonyl (C=O) groups is 1. The smallest absolute Gasteiger partial charge is 0.325 e. The molecule has 4 aliphatic heterocycles. The van der Waals surface area contributed by atoms with Crippen molar-refractivity contribution in [3.8, 4) is 0 Å². The van der Waals surface area contributed by atoms with Gasteiger partial charge in [-0.1, -0.05) is 59.7 Å². The summed E-state index contributed by atoms with van der Waals surface area (Å²) in [6, 6.07) is 9.08. The molecule has 3 fully saturated rings. The summed E-state index contributed by atoms with van der Waals surface area (Å²) in [6.07, 6.45) is -2.42. The molecule has 0 spiro atoms. The van der Waals surface area contributed by atoms with Gasteiger partial charge in [0.15, 0.2) is 40.6 Å². The fourth-order valence-electron chi connectivity index (χ4n) is 8.67. The monoisotopic (exact) mass is 1100 g/mol. The second-order valence-electron chi connectivity index (χ2n) is 21.1. The third-order valence-electron chi connectivity index (χ3n) is 14.3. The number of ether oxygens (including phenoxy) is 2. The lowest BCUT2D eigenvalue weighted by Crippen LogP contribution is -2.50. The molecule has 0 aliphatic carbocycles. The van der Waals surface area contributed by atoms with Gasteiger partial charge >= 0.3 is 13.4 Å². The van der Waals surface area contributed by atoms with Crippen LogP contribution in [0.1, 0.15) is 76.3 Å². The van der Waals surface area contributed by atoms with Crippen molar-refractivity contribution in [2.75, 3.05) is 30.4 Å². The maximum Gasteiger partial charge on any atom is 0.325 e. The molecule has 9 rings (SSSR count). The number of hydrogen-bond donors (Lipinski definition) is 3. The lowest BCUT2D eigenvalue weighted by atomic mass is 10.1. The number of rotatable bonds is 7. The Balaban J connectivity index is 1.12. The zero-order valence-electron chi connectivity index (χ0n) is 40.6. The van der Waals surface area contributed by atoms with Crippen LogP contribution in [0.3, 0.4) is 0 Å². The highest BCUT2D eigenvalue weighted by molar-refractivity contribution is 8.07. The minimum Gasteiger partial charge on any atom is -0.408 e. The molecule has 5 aromatic rings. The SMILES string of the molecule is CC(C)(C)[Si](C)(C)O[C@@H]1[C@@H]2OP(O)(=S)OC[C@H]3O[C@@H](n4cnc5c(N)nc(Cl)nc54)[C@H](OP(O)(=S)OC[C@H]2O[C@H]1n1cc2c4c(ncnc41)N(C(=O)c1ccccc1)CCC2)[C@@H]3O[Si](C)(C)C(C)(C)C. The highest BCUT2D eigenvalue weighted by Crippen LogP contribution is 2.56. The van der Waals surface area contributed by atoms with Gasteiger partial charge in [-0.25, -0.2) is 15.0 Å². The van der Waals surface area contributed by atoms with E-state index in [9.17, 15) is 14.6 Å². The highest BCUT2D eigenvalue weighted by Gasteiger charge is 2.57. The minimum atomic E-state index is -4.29. The number of nitrogens with two attached hydrogens (primary N) is 1. The average Bonchev–Trinajstić information content (AvgIpc) is 3.99. The fraction of sp³-hybridized carbons (Fsp3) is 0.581. The van der Waals surface area contributed by atoms with Crippen LogP contribution < -0.4 is 10.6 Å². The number of nitrogens with zero attached hydrogens (tertiary/aromatic N) is 8. The van der Waals surface area contributed by atoms with Crippen LogP contribution in [0, 0.1) is 0 Å². The Kier molecular flexibility index (Phi) is 14.1. The predicted octanol–water partition coefficient (Wildman–Crippen LogP) is 7.93. The van der Waals surface area contributed by atoms with Gasteiger partial charge in [0.2, 0.25) is 5.28 Å². The zero-order valence-corrected chi connectivity index (χ0v) is 46.8. The fourth-order valence-corrected chi connectivity index (χ4v) is 14.3. The van der Waals surface area contributed by atoms with Gasteiger partial charge in [0, 0.05) is 18.3 Å². The minimum absolute atomic E-state index is 0.0367. The van der Waals surface area contributed by atoms with Gasteiger partial charge in [-0.3, -0.25) is 23.3 Å². The van der Waals surface area contributed by atoms with E-state index in [2.05, 4.69) is 87.7 Å². The number of hydrogen-bond acceptors (Lipinski definition) is 17. The van der Waals surface area contributed by atoms with Crippen molar-refractivity contribution >= 4 is 105 Å². The van der Waals surface area contributed by atoms with Crippen LogP contribution in [-0.4, -0.2) is 123 Å². The van der Waals surface area contributed by atoms with E-state index in [-0.39, 0.29) is 44.9 Å². The number of benzene rings is 1. The molecule has 4 aromatic heterocycles. The second kappa shape index (κ2) is 18.9. The molecule has 10 atom stereocenters. The molecule has 4 aliphatic rings. The summed E-state index contributed by atoms with van der Waals surface area (Å²) in [5, 5.41) is -0.0480. The molecule has 3 saturated heterocycles. The van der Waals surface area contributed by atoms with E-state index in [0.29, 0.717) is 41.8 Å². The van der Waals surface area contributed by atoms with Crippen LogP contribution in [-0.2, 0) is 66.5 Å². The second-order valence-corrected chi connectivity index (χ2v) is 36.5. The molecule has 1 aromatic carbocycles. The first kappa shape index (κ1) is 52.2. The average molecular weight is 1100 g/mol. The first-order chi connectivity index (χ1) is 32.7. The largest absolute Gasteiger partial charge is 0.408 e. The van der Waals surface area contributed by atoms with Crippen LogP contribution >= 0.6 is 25.0 Å². The summed E-state index contributed by atoms with van der Waals surface area (Å²) in [7, 11) is -5.41. The molecular formula is C43H60ClN9O11P2S2Si2. The van der Waals surface area contributed by atoms with Crippen molar-refractivity contribution in [3.05, 3.63) is 65.6 Å². The number of aryl methyl sites for hydroxylation is 1. The van der Waals surface area contributed by atoms with Gasteiger partial charge in [0.05, 0.1) is 24.9 Å². The number of amides is 1. The Morgan fingerprint density at radius 1 is 0.829 bits per heavy atom. The van der Waals surface area contributed by atoms with Crippen molar-refractivity contribution in [1.29, 1.82) is 0 Å². The molecular weight excluding hydrogens is 1040 g/mol. The van der Waals surface area contributed by atoms with Crippen molar-refractivity contribution in [3.63, 3.8) is 0 Å². The van der Waals surface area contributed by atoms with Crippen LogP contribution in [0.5, 0.6) is 0 Å². The third-order valence-corrected chi connectivity index (χ3v) is 26.6. The number of anilines is 2. The zero-order chi connectivity index (χ0) is 50.5. The van der Waals surface area contributed by atoms with Gasteiger partial charge < -0.3 is 47.5 Å². The summed E-state index contributed by atoms with van der Waals surface area (Å²) in [6.45, 7) is 12.0. The van der Waals surface area contributed by atoms with E-state index in [4.69, 9.17) is 82.4 Å². The topological polar surface area (TPSA) is 235 Å². The first-order valence-electron chi connectivity index (χ1n) is 23.0. The number of aromatic nitrogens is 7. The Labute approximate surface area is 423 Å².